The molecule has 0 aliphatic carbocycles. The van der Waals surface area contributed by atoms with Gasteiger partial charge in [0.2, 0.25) is 0 Å². The van der Waals surface area contributed by atoms with Gasteiger partial charge in [0.1, 0.15) is 5.69 Å². The molecule has 0 bridgehead atoms. The molecule has 1 aromatic carbocycles. The number of aryl methyl sites for hydroxylation is 1. The number of amides is 2. The average molecular weight is 369 g/mol. The Kier molecular flexibility index (Phi) is 5.87. The molecule has 27 heavy (non-hydrogen) atoms. The lowest BCUT2D eigenvalue weighted by atomic mass is 10.0. The number of anilines is 1. The van der Waals surface area contributed by atoms with Crippen LogP contribution < -0.4 is 15.7 Å². The summed E-state index contributed by atoms with van der Waals surface area (Å²) in [6, 6.07) is 7.90. The molecule has 0 saturated carbocycles. The van der Waals surface area contributed by atoms with Crippen LogP contribution in [0.3, 0.4) is 0 Å². The van der Waals surface area contributed by atoms with Crippen molar-refractivity contribution in [2.24, 2.45) is 7.05 Å². The van der Waals surface area contributed by atoms with Crippen molar-refractivity contribution in [3.05, 3.63) is 54.1 Å². The molecular weight excluding hydrogens is 346 g/mol. The van der Waals surface area contributed by atoms with Crippen LogP contribution in [0, 0.1) is 0 Å². The van der Waals surface area contributed by atoms with Crippen molar-refractivity contribution >= 4 is 23.6 Å². The van der Waals surface area contributed by atoms with E-state index in [1.807, 2.05) is 24.3 Å². The maximum Gasteiger partial charge on any atom is 0.269 e. The van der Waals surface area contributed by atoms with Gasteiger partial charge in [0, 0.05) is 37.9 Å². The van der Waals surface area contributed by atoms with E-state index in [-0.39, 0.29) is 11.9 Å². The normalized spacial score (nSPS) is 15.1. The molecule has 142 valence electrons. The summed E-state index contributed by atoms with van der Waals surface area (Å²) in [5.41, 5.74) is 4.06. The molecule has 0 spiro atoms. The third kappa shape index (κ3) is 4.53. The summed E-state index contributed by atoms with van der Waals surface area (Å²) in [7, 11) is 1.80. The highest BCUT2D eigenvalue weighted by molar-refractivity contribution is 5.93. The summed E-state index contributed by atoms with van der Waals surface area (Å²) in [6.07, 6.45) is 7.81. The molecule has 0 radical (unpaired) electrons. The molecule has 1 saturated heterocycles. The van der Waals surface area contributed by atoms with Gasteiger partial charge in [0.25, 0.3) is 11.8 Å². The van der Waals surface area contributed by atoms with E-state index in [4.69, 9.17) is 5.21 Å². The summed E-state index contributed by atoms with van der Waals surface area (Å²) in [4.78, 5) is 29.8. The van der Waals surface area contributed by atoms with E-state index in [1.54, 1.807) is 35.7 Å². The number of hydrogen-bond acceptors (Lipinski definition) is 5. The number of nitrogens with one attached hydrogen (secondary N) is 2. The van der Waals surface area contributed by atoms with E-state index in [0.29, 0.717) is 5.69 Å². The minimum absolute atomic E-state index is 0.105. The van der Waals surface area contributed by atoms with Crippen molar-refractivity contribution in [1.82, 2.24) is 20.3 Å². The third-order valence-corrected chi connectivity index (χ3v) is 4.68. The van der Waals surface area contributed by atoms with Crippen LogP contribution in [-0.2, 0) is 11.8 Å². The van der Waals surface area contributed by atoms with Crippen LogP contribution in [0.2, 0.25) is 0 Å². The molecule has 2 heterocycles. The lowest BCUT2D eigenvalue weighted by molar-refractivity contribution is -0.124. The Morgan fingerprint density at radius 3 is 2.67 bits per heavy atom. The summed E-state index contributed by atoms with van der Waals surface area (Å²) in [6.45, 7) is 1.60. The minimum atomic E-state index is -0.568. The Morgan fingerprint density at radius 1 is 1.26 bits per heavy atom. The van der Waals surface area contributed by atoms with E-state index in [2.05, 4.69) is 15.2 Å². The maximum atomic E-state index is 12.3. The number of benzene rings is 1. The van der Waals surface area contributed by atoms with Gasteiger partial charge >= 0.3 is 0 Å². The Labute approximate surface area is 157 Å². The zero-order chi connectivity index (χ0) is 19.2. The lowest BCUT2D eigenvalue weighted by Gasteiger charge is -2.34. The summed E-state index contributed by atoms with van der Waals surface area (Å²) < 4.78 is 1.70. The number of piperidine rings is 1. The topological polar surface area (TPSA) is 99.5 Å². The van der Waals surface area contributed by atoms with Gasteiger partial charge in [-0.2, -0.15) is 0 Å². The number of hydroxylamine groups is 1. The highest BCUT2D eigenvalue weighted by atomic mass is 16.5. The number of carbonyl (C=O) groups excluding carboxylic acids is 2. The number of carbonyl (C=O) groups is 2. The molecule has 0 atom stereocenters. The molecule has 3 N–H and O–H groups in total. The maximum absolute atomic E-state index is 12.3. The van der Waals surface area contributed by atoms with Gasteiger partial charge in [-0.25, -0.2) is 10.5 Å². The fourth-order valence-electron chi connectivity index (χ4n) is 3.22. The standard InChI is InChI=1S/C19H23N5O3/c1-23-13-20-12-17(23)19(26)21-15-8-10-24(11-9-15)16-5-3-2-4-14(16)6-7-18(25)22-27/h2-7,12-13,15,27H,8-11H2,1H3,(H,21,26)(H,22,25). The Bertz CT molecular complexity index is 837. The predicted molar refractivity (Wildman–Crippen MR) is 101 cm³/mol. The Morgan fingerprint density at radius 2 is 2.00 bits per heavy atom. The van der Waals surface area contributed by atoms with Gasteiger partial charge in [0.05, 0.1) is 12.5 Å². The second-order valence-electron chi connectivity index (χ2n) is 6.49. The average Bonchev–Trinajstić information content (AvgIpc) is 3.13. The number of rotatable bonds is 5. The second-order valence-corrected chi connectivity index (χ2v) is 6.49. The Balaban J connectivity index is 1.61. The van der Waals surface area contributed by atoms with Crippen molar-refractivity contribution in [1.29, 1.82) is 0 Å². The number of hydrogen-bond donors (Lipinski definition) is 3. The molecule has 1 aliphatic heterocycles. The number of nitrogens with zero attached hydrogens (tertiary/aromatic N) is 3. The molecule has 8 nitrogen and oxygen atoms in total. The first-order valence-corrected chi connectivity index (χ1v) is 8.82. The Hall–Kier alpha value is -3.13. The zero-order valence-corrected chi connectivity index (χ0v) is 15.1. The first kappa shape index (κ1) is 18.7. The minimum Gasteiger partial charge on any atom is -0.371 e. The van der Waals surface area contributed by atoms with Crippen molar-refractivity contribution in [2.45, 2.75) is 18.9 Å². The fourth-order valence-corrected chi connectivity index (χ4v) is 3.22. The zero-order valence-electron chi connectivity index (χ0n) is 15.1. The largest absolute Gasteiger partial charge is 0.371 e. The van der Waals surface area contributed by atoms with Crippen LogP contribution in [0.4, 0.5) is 5.69 Å². The van der Waals surface area contributed by atoms with E-state index >= 15 is 0 Å². The fraction of sp³-hybridized carbons (Fsp3) is 0.316. The highest BCUT2D eigenvalue weighted by Gasteiger charge is 2.23. The SMILES string of the molecule is Cn1cncc1C(=O)NC1CCN(c2ccccc2C=CC(=O)NO)CC1. The van der Waals surface area contributed by atoms with Crippen LogP contribution in [0.5, 0.6) is 0 Å². The summed E-state index contributed by atoms with van der Waals surface area (Å²) in [5, 5.41) is 11.7. The van der Waals surface area contributed by atoms with E-state index in [1.165, 1.54) is 6.08 Å². The predicted octanol–water partition coefficient (Wildman–Crippen LogP) is 1.34. The smallest absolute Gasteiger partial charge is 0.269 e. The van der Waals surface area contributed by atoms with Gasteiger partial charge in [-0.15, -0.1) is 0 Å². The second kappa shape index (κ2) is 8.50. The monoisotopic (exact) mass is 369 g/mol. The quantitative estimate of drug-likeness (QED) is 0.420. The summed E-state index contributed by atoms with van der Waals surface area (Å²) in [5.74, 6) is -0.673. The van der Waals surface area contributed by atoms with E-state index < -0.39 is 5.91 Å². The highest BCUT2D eigenvalue weighted by Crippen LogP contribution is 2.25. The number of imidazole rings is 1. The summed E-state index contributed by atoms with van der Waals surface area (Å²) >= 11 is 0. The van der Waals surface area contributed by atoms with Crippen LogP contribution in [0.1, 0.15) is 28.9 Å². The van der Waals surface area contributed by atoms with Crippen LogP contribution in [-0.4, -0.2) is 45.7 Å². The molecule has 1 fully saturated rings. The van der Waals surface area contributed by atoms with Crippen molar-refractivity contribution < 1.29 is 14.8 Å². The van der Waals surface area contributed by atoms with E-state index in [9.17, 15) is 9.59 Å². The molecule has 2 amide bonds. The van der Waals surface area contributed by atoms with E-state index in [0.717, 1.165) is 37.2 Å². The van der Waals surface area contributed by atoms with Crippen LogP contribution in [0.25, 0.3) is 6.08 Å². The lowest BCUT2D eigenvalue weighted by Crippen LogP contribution is -2.45. The van der Waals surface area contributed by atoms with Crippen molar-refractivity contribution in [3.63, 3.8) is 0 Å². The van der Waals surface area contributed by atoms with Gasteiger partial charge < -0.3 is 14.8 Å². The molecule has 3 rings (SSSR count). The number of para-hydroxylation sites is 1. The first-order valence-electron chi connectivity index (χ1n) is 8.82. The van der Waals surface area contributed by atoms with Gasteiger partial charge in [0.15, 0.2) is 0 Å². The molecular formula is C19H23N5O3. The molecule has 2 aromatic rings. The molecule has 1 aliphatic rings. The molecule has 1 aromatic heterocycles. The van der Waals surface area contributed by atoms with Crippen LogP contribution in [0.15, 0.2) is 42.9 Å². The van der Waals surface area contributed by atoms with Crippen molar-refractivity contribution in [3.8, 4) is 0 Å². The molecule has 8 heteroatoms. The molecule has 0 unspecified atom stereocenters. The third-order valence-electron chi connectivity index (χ3n) is 4.68. The van der Waals surface area contributed by atoms with Gasteiger partial charge in [-0.05, 0) is 30.5 Å². The van der Waals surface area contributed by atoms with Gasteiger partial charge in [-0.3, -0.25) is 14.8 Å². The number of aromatic nitrogens is 2. The van der Waals surface area contributed by atoms with Gasteiger partial charge in [-0.1, -0.05) is 18.2 Å². The van der Waals surface area contributed by atoms with Crippen molar-refractivity contribution in [2.75, 3.05) is 18.0 Å². The first-order chi connectivity index (χ1) is 13.1. The van der Waals surface area contributed by atoms with Crippen LogP contribution >= 0.6 is 0 Å².